The Morgan fingerprint density at radius 3 is 2.35 bits per heavy atom. The molecule has 0 amide bonds. The number of nitrogens with zero attached hydrogens (tertiary/aromatic N) is 2. The Morgan fingerprint density at radius 1 is 0.605 bits per heavy atom. The number of para-hydroxylation sites is 2. The van der Waals surface area contributed by atoms with Crippen molar-refractivity contribution >= 4 is 61.2 Å². The van der Waals surface area contributed by atoms with E-state index in [9.17, 15) is 0 Å². The van der Waals surface area contributed by atoms with E-state index in [0.717, 1.165) is 50.2 Å². The Morgan fingerprint density at radius 2 is 1.42 bits per heavy atom. The van der Waals surface area contributed by atoms with Gasteiger partial charge in [0.1, 0.15) is 11.2 Å². The zero-order chi connectivity index (χ0) is 28.5. The molecule has 3 heterocycles. The van der Waals surface area contributed by atoms with Gasteiger partial charge in [0.25, 0.3) is 0 Å². The fraction of sp³-hybridized carbons (Fsp3) is 0.0513. The topological polar surface area (TPSA) is 22.4 Å². The van der Waals surface area contributed by atoms with Crippen LogP contribution in [0.4, 0.5) is 5.69 Å². The lowest BCUT2D eigenvalue weighted by molar-refractivity contribution is 0.669. The highest BCUT2D eigenvalue weighted by Gasteiger charge is 2.20. The number of fused-ring (bicyclic) bond motifs is 9. The van der Waals surface area contributed by atoms with Gasteiger partial charge in [0.15, 0.2) is 5.69 Å². The van der Waals surface area contributed by atoms with E-state index in [0.29, 0.717) is 5.69 Å². The summed E-state index contributed by atoms with van der Waals surface area (Å²) in [4.78, 5) is 3.69. The summed E-state index contributed by atoms with van der Waals surface area (Å²) < 4.78 is 8.55. The number of hydrogen-bond donors (Lipinski definition) is 0. The van der Waals surface area contributed by atoms with E-state index >= 15 is 0 Å². The van der Waals surface area contributed by atoms with E-state index in [-0.39, 0.29) is 0 Å². The van der Waals surface area contributed by atoms with E-state index in [4.69, 9.17) is 11.0 Å². The van der Waals surface area contributed by atoms with Gasteiger partial charge in [-0.05, 0) is 87.3 Å². The van der Waals surface area contributed by atoms with E-state index in [1.54, 1.807) is 0 Å². The summed E-state index contributed by atoms with van der Waals surface area (Å²) in [7, 11) is 0. The molecule has 1 aliphatic rings. The maximum Gasteiger partial charge on any atom is 0.188 e. The molecular formula is C39H24N2OS. The van der Waals surface area contributed by atoms with Crippen LogP contribution in [0.3, 0.4) is 0 Å². The first kappa shape index (κ1) is 24.4. The molecule has 0 fully saturated rings. The SMILES string of the molecule is [C-]#[N+]c1ccc2c(c1)c1ccccc1n2-c1ccc2c(c1)CSCc1ccc(-c3cccc4oc5ccccc5c34)cc1-2. The molecule has 8 aromatic rings. The van der Waals surface area contributed by atoms with Crippen LogP contribution in [0.2, 0.25) is 0 Å². The van der Waals surface area contributed by atoms with Crippen molar-refractivity contribution in [1.29, 1.82) is 0 Å². The number of hydrogen-bond acceptors (Lipinski definition) is 2. The Bertz CT molecular complexity index is 2460. The zero-order valence-electron chi connectivity index (χ0n) is 23.2. The smallest absolute Gasteiger partial charge is 0.188 e. The van der Waals surface area contributed by atoms with Gasteiger partial charge in [0.2, 0.25) is 0 Å². The van der Waals surface area contributed by atoms with Gasteiger partial charge >= 0.3 is 0 Å². The molecule has 0 aliphatic carbocycles. The van der Waals surface area contributed by atoms with Crippen molar-refractivity contribution in [3.8, 4) is 27.9 Å². The van der Waals surface area contributed by atoms with E-state index in [2.05, 4.69) is 106 Å². The fourth-order valence-electron chi connectivity index (χ4n) is 6.82. The van der Waals surface area contributed by atoms with Crippen molar-refractivity contribution in [2.45, 2.75) is 11.5 Å². The predicted molar refractivity (Wildman–Crippen MR) is 180 cm³/mol. The standard InChI is InChI=1S/C39H24N2OS/c1-40-27-15-18-36-34(21-27)31-7-2-4-10-35(31)41(36)28-16-17-29-26(19-28)23-43-22-25-14-13-24(20-33(25)29)30-9-6-12-38-39(30)32-8-3-5-11-37(32)42-38/h2-21H,22-23H2. The number of benzene rings is 6. The van der Waals surface area contributed by atoms with Crippen LogP contribution in [0, 0.1) is 6.57 Å². The zero-order valence-corrected chi connectivity index (χ0v) is 24.0. The minimum absolute atomic E-state index is 0.667. The van der Waals surface area contributed by atoms with Gasteiger partial charge in [0, 0.05) is 33.4 Å². The first-order chi connectivity index (χ1) is 21.3. The van der Waals surface area contributed by atoms with Crippen molar-refractivity contribution in [3.05, 3.63) is 144 Å². The van der Waals surface area contributed by atoms with E-state index < -0.39 is 0 Å². The van der Waals surface area contributed by atoms with Crippen molar-refractivity contribution in [1.82, 2.24) is 4.57 Å². The lowest BCUT2D eigenvalue weighted by atomic mass is 9.91. The van der Waals surface area contributed by atoms with Gasteiger partial charge in [-0.15, -0.1) is 0 Å². The molecule has 1 aliphatic heterocycles. The molecule has 202 valence electrons. The molecule has 0 spiro atoms. The van der Waals surface area contributed by atoms with Crippen molar-refractivity contribution in [2.24, 2.45) is 0 Å². The summed E-state index contributed by atoms with van der Waals surface area (Å²) in [6.07, 6.45) is 0. The second kappa shape index (κ2) is 9.39. The van der Waals surface area contributed by atoms with Crippen LogP contribution in [0.25, 0.3) is 76.5 Å². The highest BCUT2D eigenvalue weighted by molar-refractivity contribution is 7.97. The second-order valence-corrected chi connectivity index (χ2v) is 12.1. The number of furan rings is 1. The van der Waals surface area contributed by atoms with Gasteiger partial charge in [-0.2, -0.15) is 11.8 Å². The maximum atomic E-state index is 7.53. The number of rotatable bonds is 2. The summed E-state index contributed by atoms with van der Waals surface area (Å²) in [5, 5.41) is 4.61. The van der Waals surface area contributed by atoms with Gasteiger partial charge in [-0.3, -0.25) is 0 Å². The Hall–Kier alpha value is -5.24. The summed E-state index contributed by atoms with van der Waals surface area (Å²) in [5.74, 6) is 1.93. The van der Waals surface area contributed by atoms with Crippen LogP contribution in [-0.4, -0.2) is 4.57 Å². The Kier molecular flexibility index (Phi) is 5.32. The molecule has 0 bridgehead atoms. The fourth-order valence-corrected chi connectivity index (χ4v) is 7.85. The molecule has 3 nitrogen and oxygen atoms in total. The largest absolute Gasteiger partial charge is 0.456 e. The third-order valence-electron chi connectivity index (χ3n) is 8.76. The van der Waals surface area contributed by atoms with Gasteiger partial charge < -0.3 is 8.98 Å². The molecule has 4 heteroatoms. The molecule has 0 atom stereocenters. The van der Waals surface area contributed by atoms with Gasteiger partial charge in [0.05, 0.1) is 17.6 Å². The number of aromatic nitrogens is 1. The molecule has 0 radical (unpaired) electrons. The normalized spacial score (nSPS) is 12.8. The Labute approximate surface area is 252 Å². The van der Waals surface area contributed by atoms with Crippen molar-refractivity contribution < 1.29 is 4.42 Å². The lowest BCUT2D eigenvalue weighted by Crippen LogP contribution is -1.97. The van der Waals surface area contributed by atoms with Gasteiger partial charge in [-0.25, -0.2) is 4.85 Å². The third kappa shape index (κ3) is 3.69. The summed E-state index contributed by atoms with van der Waals surface area (Å²) in [6.45, 7) is 7.53. The predicted octanol–water partition coefficient (Wildman–Crippen LogP) is 11.3. The minimum atomic E-state index is 0.667. The van der Waals surface area contributed by atoms with E-state index in [1.165, 1.54) is 44.2 Å². The first-order valence-corrected chi connectivity index (χ1v) is 15.6. The molecule has 0 saturated heterocycles. The highest BCUT2D eigenvalue weighted by Crippen LogP contribution is 2.43. The lowest BCUT2D eigenvalue weighted by Gasteiger charge is -2.15. The van der Waals surface area contributed by atoms with Gasteiger partial charge in [-0.1, -0.05) is 72.8 Å². The van der Waals surface area contributed by atoms with Crippen LogP contribution >= 0.6 is 11.8 Å². The average Bonchev–Trinajstić information content (AvgIpc) is 3.54. The van der Waals surface area contributed by atoms with E-state index in [1.807, 2.05) is 36.0 Å². The minimum Gasteiger partial charge on any atom is -0.456 e. The summed E-state index contributed by atoms with van der Waals surface area (Å²) in [6, 6.07) is 43.1. The summed E-state index contributed by atoms with van der Waals surface area (Å²) in [5.41, 5.74) is 13.6. The van der Waals surface area contributed by atoms with Crippen molar-refractivity contribution in [2.75, 3.05) is 0 Å². The molecule has 2 aromatic heterocycles. The molecule has 43 heavy (non-hydrogen) atoms. The van der Waals surface area contributed by atoms with Crippen molar-refractivity contribution in [3.63, 3.8) is 0 Å². The van der Waals surface area contributed by atoms with Crippen LogP contribution < -0.4 is 0 Å². The van der Waals surface area contributed by atoms with Crippen LogP contribution in [-0.2, 0) is 11.5 Å². The molecular weight excluding hydrogens is 545 g/mol. The molecule has 0 unspecified atom stereocenters. The Balaban J connectivity index is 1.22. The first-order valence-electron chi connectivity index (χ1n) is 14.4. The number of thioether (sulfide) groups is 1. The average molecular weight is 569 g/mol. The quantitative estimate of drug-likeness (QED) is 0.194. The third-order valence-corrected chi connectivity index (χ3v) is 9.79. The maximum absolute atomic E-state index is 7.53. The van der Waals surface area contributed by atoms with Crippen LogP contribution in [0.15, 0.2) is 126 Å². The second-order valence-electron chi connectivity index (χ2n) is 11.1. The molecule has 0 N–H and O–H groups in total. The monoisotopic (exact) mass is 568 g/mol. The van der Waals surface area contributed by atoms with Crippen LogP contribution in [0.5, 0.6) is 0 Å². The highest BCUT2D eigenvalue weighted by atomic mass is 32.2. The summed E-state index contributed by atoms with van der Waals surface area (Å²) >= 11 is 1.97. The molecule has 0 saturated carbocycles. The molecule has 6 aromatic carbocycles. The molecule has 9 rings (SSSR count). The van der Waals surface area contributed by atoms with Crippen LogP contribution in [0.1, 0.15) is 11.1 Å².